The van der Waals surface area contributed by atoms with E-state index in [-0.39, 0.29) is 11.1 Å². The van der Waals surface area contributed by atoms with Crippen LogP contribution in [0.5, 0.6) is 0 Å². The molecule has 31 heavy (non-hydrogen) atoms. The molecular formula is C26H52N4O. The summed E-state index contributed by atoms with van der Waals surface area (Å²) in [5.74, 6) is 0. The average Bonchev–Trinajstić information content (AvgIpc) is 2.60. The molecule has 0 radical (unpaired) electrons. The van der Waals surface area contributed by atoms with Gasteiger partial charge in [-0.25, -0.2) is 0 Å². The zero-order valence-corrected chi connectivity index (χ0v) is 21.6. The Morgan fingerprint density at radius 3 is 2.16 bits per heavy atom. The van der Waals surface area contributed by atoms with E-state index in [9.17, 15) is 0 Å². The van der Waals surface area contributed by atoms with Crippen molar-refractivity contribution in [2.75, 3.05) is 20.1 Å². The molecule has 5 atom stereocenters. The molecule has 0 aromatic heterocycles. The molecule has 1 heterocycles. The van der Waals surface area contributed by atoms with Crippen molar-refractivity contribution in [3.05, 3.63) is 0 Å². The molecule has 0 aromatic rings. The van der Waals surface area contributed by atoms with E-state index in [2.05, 4.69) is 69.4 Å². The van der Waals surface area contributed by atoms with Crippen LogP contribution >= 0.6 is 0 Å². The molecule has 5 heteroatoms. The summed E-state index contributed by atoms with van der Waals surface area (Å²) in [7, 11) is 2.35. The molecule has 1 unspecified atom stereocenters. The number of hydrogen-bond donors (Lipinski definition) is 3. The number of nitrogens with zero attached hydrogens (tertiary/aromatic N) is 1. The van der Waals surface area contributed by atoms with Crippen LogP contribution in [0.15, 0.2) is 0 Å². The Bertz CT molecular complexity index is 542. The zero-order valence-electron chi connectivity index (χ0n) is 21.6. The molecule has 1 saturated heterocycles. The second kappa shape index (κ2) is 10.8. The minimum atomic E-state index is -0.0655. The smallest absolute Gasteiger partial charge is 0.0735 e. The van der Waals surface area contributed by atoms with Crippen LogP contribution in [0.2, 0.25) is 0 Å². The predicted molar refractivity (Wildman–Crippen MR) is 132 cm³/mol. The van der Waals surface area contributed by atoms with Crippen LogP contribution in [0.1, 0.15) is 99.3 Å². The van der Waals surface area contributed by atoms with Crippen molar-refractivity contribution < 1.29 is 4.74 Å². The summed E-state index contributed by atoms with van der Waals surface area (Å²) < 4.78 is 6.43. The fraction of sp³-hybridized carbons (Fsp3) is 1.00. The summed E-state index contributed by atoms with van der Waals surface area (Å²) in [6.07, 6.45) is 11.9. The van der Waals surface area contributed by atoms with E-state index in [4.69, 9.17) is 4.74 Å². The maximum atomic E-state index is 6.43. The number of hydrogen-bond acceptors (Lipinski definition) is 5. The summed E-state index contributed by atoms with van der Waals surface area (Å²) in [6, 6.07) is 2.97. The Morgan fingerprint density at radius 2 is 1.55 bits per heavy atom. The van der Waals surface area contributed by atoms with Gasteiger partial charge >= 0.3 is 0 Å². The molecular weight excluding hydrogens is 384 g/mol. The average molecular weight is 437 g/mol. The highest BCUT2D eigenvalue weighted by atomic mass is 16.5. The lowest BCUT2D eigenvalue weighted by molar-refractivity contribution is -0.0885. The molecule has 3 N–H and O–H groups in total. The van der Waals surface area contributed by atoms with Crippen molar-refractivity contribution in [1.82, 2.24) is 20.9 Å². The molecule has 0 bridgehead atoms. The van der Waals surface area contributed by atoms with Gasteiger partial charge in [0, 0.05) is 48.8 Å². The number of rotatable bonds is 9. The predicted octanol–water partition coefficient (Wildman–Crippen LogP) is 4.06. The molecule has 5 nitrogen and oxygen atoms in total. The van der Waals surface area contributed by atoms with Crippen LogP contribution in [0.25, 0.3) is 0 Å². The van der Waals surface area contributed by atoms with Crippen LogP contribution < -0.4 is 16.0 Å². The maximum absolute atomic E-state index is 6.43. The lowest BCUT2D eigenvalue weighted by atomic mass is 9.84. The third kappa shape index (κ3) is 7.67. The van der Waals surface area contributed by atoms with Crippen LogP contribution in [0.3, 0.4) is 0 Å². The maximum Gasteiger partial charge on any atom is 0.0735 e. The molecule has 2 saturated carbocycles. The first-order valence-electron chi connectivity index (χ1n) is 13.2. The molecule has 0 amide bonds. The molecule has 3 rings (SSSR count). The van der Waals surface area contributed by atoms with Gasteiger partial charge in [0.25, 0.3) is 0 Å². The quantitative estimate of drug-likeness (QED) is 0.509. The highest BCUT2D eigenvalue weighted by molar-refractivity contribution is 4.97. The number of likely N-dealkylation sites (N-methyl/N-ethyl adjacent to an activating group) is 1. The van der Waals surface area contributed by atoms with E-state index in [0.717, 1.165) is 25.6 Å². The highest BCUT2D eigenvalue weighted by Gasteiger charge is 2.37. The Balaban J connectivity index is 1.53. The number of ether oxygens (including phenoxy) is 1. The molecule has 3 fully saturated rings. The summed E-state index contributed by atoms with van der Waals surface area (Å²) in [5.41, 5.74) is 0.0599. The van der Waals surface area contributed by atoms with E-state index in [1.54, 1.807) is 0 Å². The molecule has 0 spiro atoms. The second-order valence-corrected chi connectivity index (χ2v) is 12.4. The first-order valence-corrected chi connectivity index (χ1v) is 13.2. The van der Waals surface area contributed by atoms with Gasteiger partial charge in [0.2, 0.25) is 0 Å². The highest BCUT2D eigenvalue weighted by Crippen LogP contribution is 2.29. The van der Waals surface area contributed by atoms with E-state index < -0.39 is 0 Å². The monoisotopic (exact) mass is 436 g/mol. The van der Waals surface area contributed by atoms with E-state index >= 15 is 0 Å². The molecule has 182 valence electrons. The van der Waals surface area contributed by atoms with Gasteiger partial charge in [-0.2, -0.15) is 0 Å². The van der Waals surface area contributed by atoms with Gasteiger partial charge < -0.3 is 20.7 Å². The minimum absolute atomic E-state index is 0.0655. The van der Waals surface area contributed by atoms with E-state index in [0.29, 0.717) is 30.3 Å². The largest absolute Gasteiger partial charge is 0.371 e. The summed E-state index contributed by atoms with van der Waals surface area (Å²) in [5, 5.41) is 11.5. The molecule has 2 aliphatic carbocycles. The second-order valence-electron chi connectivity index (χ2n) is 12.4. The van der Waals surface area contributed by atoms with Crippen molar-refractivity contribution in [3.8, 4) is 0 Å². The normalized spacial score (nSPS) is 32.1. The van der Waals surface area contributed by atoms with Gasteiger partial charge in [0.1, 0.15) is 0 Å². The summed E-state index contributed by atoms with van der Waals surface area (Å²) in [4.78, 5) is 2.67. The van der Waals surface area contributed by atoms with Crippen LogP contribution in [-0.4, -0.2) is 72.5 Å². The molecule has 0 aromatic carbocycles. The van der Waals surface area contributed by atoms with Gasteiger partial charge in [-0.15, -0.1) is 0 Å². The van der Waals surface area contributed by atoms with Gasteiger partial charge in [-0.1, -0.05) is 25.7 Å². The Kier molecular flexibility index (Phi) is 8.87. The van der Waals surface area contributed by atoms with Crippen molar-refractivity contribution in [2.24, 2.45) is 0 Å². The Labute approximate surface area is 192 Å². The zero-order chi connectivity index (χ0) is 22.6. The van der Waals surface area contributed by atoms with E-state index in [1.165, 1.54) is 51.4 Å². The van der Waals surface area contributed by atoms with Crippen LogP contribution in [0.4, 0.5) is 0 Å². The topological polar surface area (TPSA) is 48.6 Å². The van der Waals surface area contributed by atoms with Gasteiger partial charge in [0.15, 0.2) is 0 Å². The van der Waals surface area contributed by atoms with Gasteiger partial charge in [-0.05, 0) is 80.7 Å². The van der Waals surface area contributed by atoms with Crippen molar-refractivity contribution >= 4 is 0 Å². The third-order valence-corrected chi connectivity index (χ3v) is 7.69. The third-order valence-electron chi connectivity index (χ3n) is 7.69. The number of nitrogens with one attached hydrogen (secondary N) is 3. The standard InChI is InChI=1S/C26H52N4O/c1-19(28-22-13-9-11-15-24(22)31-25(2,3)4)16-26(5,6)29-21-12-8-10-14-23(21)30(7)20-17-27-18-20/h19-24,27-29H,8-18H2,1-7H3/t19?,21-,22-,23-,24-/m0/s1. The lowest BCUT2D eigenvalue weighted by Gasteiger charge is -2.48. The van der Waals surface area contributed by atoms with Crippen molar-refractivity contribution in [1.29, 1.82) is 0 Å². The van der Waals surface area contributed by atoms with Crippen molar-refractivity contribution in [2.45, 2.75) is 147 Å². The van der Waals surface area contributed by atoms with Crippen LogP contribution in [-0.2, 0) is 4.74 Å². The van der Waals surface area contributed by atoms with Crippen LogP contribution in [0, 0.1) is 0 Å². The summed E-state index contributed by atoms with van der Waals surface area (Å²) in [6.45, 7) is 16.1. The first-order chi connectivity index (χ1) is 14.5. The van der Waals surface area contributed by atoms with Gasteiger partial charge in [0.05, 0.1) is 11.7 Å². The molecule has 3 aliphatic rings. The van der Waals surface area contributed by atoms with E-state index in [1.807, 2.05) is 0 Å². The lowest BCUT2D eigenvalue weighted by Crippen LogP contribution is -2.64. The Morgan fingerprint density at radius 1 is 0.935 bits per heavy atom. The fourth-order valence-corrected chi connectivity index (χ4v) is 6.23. The molecule has 1 aliphatic heterocycles. The SMILES string of the molecule is CC(CC(C)(C)N[C@H]1CCCC[C@@H]1N(C)C1CNC1)N[C@H]1CCCC[C@@H]1OC(C)(C)C. The Hall–Kier alpha value is -0.200. The first kappa shape index (κ1) is 25.4. The van der Waals surface area contributed by atoms with Gasteiger partial charge in [-0.3, -0.25) is 4.90 Å². The summed E-state index contributed by atoms with van der Waals surface area (Å²) >= 11 is 0. The minimum Gasteiger partial charge on any atom is -0.371 e. The fourth-order valence-electron chi connectivity index (χ4n) is 6.23. The van der Waals surface area contributed by atoms with Crippen molar-refractivity contribution in [3.63, 3.8) is 0 Å².